The van der Waals surface area contributed by atoms with E-state index >= 15 is 0 Å². The largest absolute Gasteiger partial charge is 0.337 e. The Bertz CT molecular complexity index is 808. The number of nitrogens with zero attached hydrogens (tertiary/aromatic N) is 4. The van der Waals surface area contributed by atoms with Crippen molar-refractivity contribution in [3.05, 3.63) is 29.8 Å². The molecule has 1 N–H and O–H groups in total. The van der Waals surface area contributed by atoms with Gasteiger partial charge in [0, 0.05) is 12.6 Å². The van der Waals surface area contributed by atoms with Gasteiger partial charge in [-0.05, 0) is 25.3 Å². The van der Waals surface area contributed by atoms with Gasteiger partial charge in [-0.25, -0.2) is 0 Å². The van der Waals surface area contributed by atoms with Crippen molar-refractivity contribution in [3.63, 3.8) is 0 Å². The van der Waals surface area contributed by atoms with Crippen LogP contribution in [-0.2, 0) is 11.8 Å². The Balaban J connectivity index is 2.07. The summed E-state index contributed by atoms with van der Waals surface area (Å²) < 4.78 is 1.88. The van der Waals surface area contributed by atoms with Crippen LogP contribution < -0.4 is 5.32 Å². The van der Waals surface area contributed by atoms with E-state index in [4.69, 9.17) is 0 Å². The minimum atomic E-state index is -0.871. The molecule has 0 aliphatic rings. The number of benzene rings is 1. The van der Waals surface area contributed by atoms with Crippen molar-refractivity contribution in [2.45, 2.75) is 38.4 Å². The number of thioether (sulfide) groups is 1. The van der Waals surface area contributed by atoms with E-state index in [9.17, 15) is 10.1 Å². The quantitative estimate of drug-likeness (QED) is 0.804. The molecule has 0 saturated carbocycles. The molecule has 1 heterocycles. The van der Waals surface area contributed by atoms with Gasteiger partial charge in [0.1, 0.15) is 5.54 Å². The third-order valence-electron chi connectivity index (χ3n) is 4.34. The van der Waals surface area contributed by atoms with E-state index < -0.39 is 5.54 Å². The van der Waals surface area contributed by atoms with Crippen LogP contribution >= 0.6 is 11.8 Å². The Labute approximate surface area is 152 Å². The summed E-state index contributed by atoms with van der Waals surface area (Å²) >= 11 is 1.31. The summed E-state index contributed by atoms with van der Waals surface area (Å²) in [4.78, 5) is 12.2. The van der Waals surface area contributed by atoms with Crippen molar-refractivity contribution in [2.24, 2.45) is 13.0 Å². The minimum absolute atomic E-state index is 0.0222. The van der Waals surface area contributed by atoms with Crippen LogP contribution in [0.3, 0.4) is 0 Å². The molecule has 2 rings (SSSR count). The van der Waals surface area contributed by atoms with E-state index in [1.54, 1.807) is 6.92 Å². The third-order valence-corrected chi connectivity index (χ3v) is 5.36. The van der Waals surface area contributed by atoms with Crippen molar-refractivity contribution < 1.29 is 4.79 Å². The van der Waals surface area contributed by atoms with Gasteiger partial charge < -0.3 is 9.88 Å². The molecule has 6 nitrogen and oxygen atoms in total. The normalized spacial score (nSPS) is 13.3. The number of carbonyl (C=O) groups is 1. The number of aryl methyl sites for hydroxylation is 1. The molecule has 0 aliphatic heterocycles. The third kappa shape index (κ3) is 4.20. The summed E-state index contributed by atoms with van der Waals surface area (Å²) in [5, 5.41) is 21.2. The maximum absolute atomic E-state index is 12.2. The first-order valence-corrected chi connectivity index (χ1v) is 9.07. The standard InChI is InChI=1S/C18H23N5OS/c1-12(2)18(4,11-19)20-15(24)10-25-17-22-21-16(23(17)5)14-9-7-6-8-13(14)3/h6-9,12H,10H2,1-5H3,(H,20,24)/t18-/m0/s1. The predicted molar refractivity (Wildman–Crippen MR) is 98.9 cm³/mol. The summed E-state index contributed by atoms with van der Waals surface area (Å²) in [6, 6.07) is 10.2. The molecular weight excluding hydrogens is 334 g/mol. The van der Waals surface area contributed by atoms with Crippen LogP contribution in [0, 0.1) is 24.2 Å². The summed E-state index contributed by atoms with van der Waals surface area (Å²) in [5.41, 5.74) is 1.27. The van der Waals surface area contributed by atoms with Crippen LogP contribution in [0.15, 0.2) is 29.4 Å². The van der Waals surface area contributed by atoms with E-state index in [-0.39, 0.29) is 17.6 Å². The molecule has 1 aromatic heterocycles. The van der Waals surface area contributed by atoms with Gasteiger partial charge in [-0.3, -0.25) is 4.79 Å². The summed E-state index contributed by atoms with van der Waals surface area (Å²) in [5.74, 6) is 0.784. The number of rotatable bonds is 6. The molecule has 1 amide bonds. The van der Waals surface area contributed by atoms with Crippen molar-refractivity contribution in [1.29, 1.82) is 5.26 Å². The molecule has 0 aliphatic carbocycles. The Morgan fingerprint density at radius 2 is 2.08 bits per heavy atom. The van der Waals surface area contributed by atoms with E-state index in [0.717, 1.165) is 17.0 Å². The van der Waals surface area contributed by atoms with E-state index in [0.29, 0.717) is 5.16 Å². The lowest BCUT2D eigenvalue weighted by molar-refractivity contribution is -0.120. The fourth-order valence-electron chi connectivity index (χ4n) is 2.26. The summed E-state index contributed by atoms with van der Waals surface area (Å²) in [7, 11) is 1.88. The van der Waals surface area contributed by atoms with Gasteiger partial charge in [0.05, 0.1) is 11.8 Å². The second-order valence-corrected chi connectivity index (χ2v) is 7.43. The van der Waals surface area contributed by atoms with Gasteiger partial charge in [-0.1, -0.05) is 49.9 Å². The predicted octanol–water partition coefficient (Wildman–Crippen LogP) is 2.94. The maximum atomic E-state index is 12.2. The molecule has 2 aromatic rings. The second kappa shape index (κ2) is 7.70. The highest BCUT2D eigenvalue weighted by Gasteiger charge is 2.30. The monoisotopic (exact) mass is 357 g/mol. The Kier molecular flexibility index (Phi) is 5.85. The zero-order valence-corrected chi connectivity index (χ0v) is 16.0. The van der Waals surface area contributed by atoms with Gasteiger partial charge in [-0.2, -0.15) is 5.26 Å². The molecule has 0 radical (unpaired) electrons. The number of nitrogens with one attached hydrogen (secondary N) is 1. The molecule has 0 spiro atoms. The van der Waals surface area contributed by atoms with Crippen molar-refractivity contribution >= 4 is 17.7 Å². The number of amides is 1. The number of nitriles is 1. The molecule has 0 saturated heterocycles. The minimum Gasteiger partial charge on any atom is -0.337 e. The van der Waals surface area contributed by atoms with Crippen LogP contribution in [0.1, 0.15) is 26.3 Å². The van der Waals surface area contributed by atoms with Crippen LogP contribution in [0.2, 0.25) is 0 Å². The average molecular weight is 357 g/mol. The zero-order chi connectivity index (χ0) is 18.6. The molecule has 7 heteroatoms. The van der Waals surface area contributed by atoms with E-state index in [2.05, 4.69) is 21.6 Å². The van der Waals surface area contributed by atoms with Crippen molar-refractivity contribution in [3.8, 4) is 17.5 Å². The van der Waals surface area contributed by atoms with Crippen LogP contribution in [-0.4, -0.2) is 32.0 Å². The molecule has 1 aromatic carbocycles. The van der Waals surface area contributed by atoms with Crippen LogP contribution in [0.5, 0.6) is 0 Å². The maximum Gasteiger partial charge on any atom is 0.231 e. The molecule has 0 fully saturated rings. The van der Waals surface area contributed by atoms with Crippen LogP contribution in [0.4, 0.5) is 0 Å². The number of aromatic nitrogens is 3. The van der Waals surface area contributed by atoms with Gasteiger partial charge >= 0.3 is 0 Å². The first-order chi connectivity index (χ1) is 11.8. The second-order valence-electron chi connectivity index (χ2n) is 6.49. The smallest absolute Gasteiger partial charge is 0.231 e. The Morgan fingerprint density at radius 3 is 2.68 bits per heavy atom. The zero-order valence-electron chi connectivity index (χ0n) is 15.2. The molecule has 0 unspecified atom stereocenters. The van der Waals surface area contributed by atoms with Crippen molar-refractivity contribution in [2.75, 3.05) is 5.75 Å². The Hall–Kier alpha value is -2.33. The Morgan fingerprint density at radius 1 is 1.40 bits per heavy atom. The van der Waals surface area contributed by atoms with Crippen molar-refractivity contribution in [1.82, 2.24) is 20.1 Å². The lowest BCUT2D eigenvalue weighted by Crippen LogP contribution is -2.49. The van der Waals surface area contributed by atoms with Crippen LogP contribution in [0.25, 0.3) is 11.4 Å². The SMILES string of the molecule is Cc1ccccc1-c1nnc(SCC(=O)N[C@@](C)(C#N)C(C)C)n1C. The first-order valence-electron chi connectivity index (χ1n) is 8.09. The highest BCUT2D eigenvalue weighted by molar-refractivity contribution is 7.99. The van der Waals surface area contributed by atoms with Gasteiger partial charge in [0.15, 0.2) is 11.0 Å². The van der Waals surface area contributed by atoms with Gasteiger partial charge in [-0.15, -0.1) is 10.2 Å². The average Bonchev–Trinajstić information content (AvgIpc) is 2.94. The lowest BCUT2D eigenvalue weighted by Gasteiger charge is -2.27. The number of carbonyl (C=O) groups excluding carboxylic acids is 1. The van der Waals surface area contributed by atoms with Gasteiger partial charge in [0.2, 0.25) is 5.91 Å². The fraction of sp³-hybridized carbons (Fsp3) is 0.444. The topological polar surface area (TPSA) is 83.6 Å². The molecule has 0 bridgehead atoms. The highest BCUT2D eigenvalue weighted by Crippen LogP contribution is 2.25. The lowest BCUT2D eigenvalue weighted by atomic mass is 9.90. The molecule has 25 heavy (non-hydrogen) atoms. The summed E-state index contributed by atoms with van der Waals surface area (Å²) in [6.45, 7) is 7.58. The molecule has 132 valence electrons. The van der Waals surface area contributed by atoms with E-state index in [1.807, 2.05) is 56.7 Å². The highest BCUT2D eigenvalue weighted by atomic mass is 32.2. The molecule has 1 atom stereocenters. The fourth-order valence-corrected chi connectivity index (χ4v) is 2.97. The van der Waals surface area contributed by atoms with E-state index in [1.165, 1.54) is 11.8 Å². The molecular formula is C18H23N5OS. The summed E-state index contributed by atoms with van der Waals surface area (Å²) in [6.07, 6.45) is 0. The first kappa shape index (κ1) is 19.0. The number of hydrogen-bond donors (Lipinski definition) is 1. The van der Waals surface area contributed by atoms with Gasteiger partial charge in [0.25, 0.3) is 0 Å². The number of hydrogen-bond acceptors (Lipinski definition) is 5.